The van der Waals surface area contributed by atoms with E-state index in [1.54, 1.807) is 22.3 Å². The SMILES string of the molecule is CC(N)C(=O)NC(COCc1ccccc1)c1nnc2cccc(COC(=O)N3CCOCC3)n12. The highest BCUT2D eigenvalue weighted by Gasteiger charge is 2.24. The molecule has 0 saturated carbocycles. The van der Waals surface area contributed by atoms with Crippen LogP contribution in [0, 0.1) is 0 Å². The van der Waals surface area contributed by atoms with Crippen molar-refractivity contribution in [2.75, 3.05) is 32.9 Å². The molecule has 1 aliphatic rings. The lowest BCUT2D eigenvalue weighted by Crippen LogP contribution is -2.42. The highest BCUT2D eigenvalue weighted by molar-refractivity contribution is 5.81. The van der Waals surface area contributed by atoms with E-state index in [9.17, 15) is 9.59 Å². The van der Waals surface area contributed by atoms with Gasteiger partial charge in [0.25, 0.3) is 0 Å². The van der Waals surface area contributed by atoms with Gasteiger partial charge in [0.2, 0.25) is 5.91 Å². The maximum absolute atomic E-state index is 12.5. The Balaban J connectivity index is 1.53. The molecule has 2 amide bonds. The number of rotatable bonds is 9. The van der Waals surface area contributed by atoms with Gasteiger partial charge in [-0.2, -0.15) is 0 Å². The molecule has 0 radical (unpaired) electrons. The number of nitrogens with two attached hydrogens (primary N) is 1. The first-order valence-corrected chi connectivity index (χ1v) is 11.5. The third-order valence-electron chi connectivity index (χ3n) is 5.58. The van der Waals surface area contributed by atoms with Crippen LogP contribution in [0.2, 0.25) is 0 Å². The molecule has 4 rings (SSSR count). The van der Waals surface area contributed by atoms with Crippen molar-refractivity contribution >= 4 is 17.6 Å². The zero-order valence-electron chi connectivity index (χ0n) is 19.6. The molecule has 0 aliphatic carbocycles. The van der Waals surface area contributed by atoms with Crippen molar-refractivity contribution in [1.82, 2.24) is 24.8 Å². The maximum atomic E-state index is 12.5. The number of hydrogen-bond acceptors (Lipinski definition) is 8. The molecule has 2 atom stereocenters. The molecular formula is C24H30N6O5. The summed E-state index contributed by atoms with van der Waals surface area (Å²) in [7, 11) is 0. The predicted octanol–water partition coefficient (Wildman–Crippen LogP) is 1.42. The Morgan fingerprint density at radius 3 is 2.60 bits per heavy atom. The number of carbonyl (C=O) groups is 2. The lowest BCUT2D eigenvalue weighted by Gasteiger charge is -2.26. The Morgan fingerprint density at radius 1 is 1.09 bits per heavy atom. The second kappa shape index (κ2) is 11.7. The standard InChI is InChI=1S/C24H30N6O5/c1-17(25)23(31)26-20(16-34-14-18-6-3-2-4-7-18)22-28-27-21-9-5-8-19(30(21)22)15-35-24(32)29-10-12-33-13-11-29/h2-9,17,20H,10-16,25H2,1H3,(H,26,31). The third kappa shape index (κ3) is 6.32. The highest BCUT2D eigenvalue weighted by atomic mass is 16.6. The van der Waals surface area contributed by atoms with Crippen LogP contribution in [0.3, 0.4) is 0 Å². The summed E-state index contributed by atoms with van der Waals surface area (Å²) in [5, 5.41) is 11.5. The number of ether oxygens (including phenoxy) is 3. The van der Waals surface area contributed by atoms with Gasteiger partial charge >= 0.3 is 6.09 Å². The van der Waals surface area contributed by atoms with Crippen LogP contribution in [0.25, 0.3) is 5.65 Å². The van der Waals surface area contributed by atoms with Crippen LogP contribution in [-0.2, 0) is 32.2 Å². The first-order chi connectivity index (χ1) is 17.0. The van der Waals surface area contributed by atoms with Crippen LogP contribution >= 0.6 is 0 Å². The van der Waals surface area contributed by atoms with Gasteiger partial charge in [-0.25, -0.2) is 4.79 Å². The van der Waals surface area contributed by atoms with Crippen molar-refractivity contribution in [1.29, 1.82) is 0 Å². The fourth-order valence-electron chi connectivity index (χ4n) is 3.70. The minimum atomic E-state index is -0.709. The van der Waals surface area contributed by atoms with Crippen LogP contribution in [0.15, 0.2) is 48.5 Å². The molecule has 11 nitrogen and oxygen atoms in total. The van der Waals surface area contributed by atoms with Gasteiger partial charge in [0.15, 0.2) is 11.5 Å². The van der Waals surface area contributed by atoms with E-state index in [2.05, 4.69) is 15.5 Å². The average molecular weight is 483 g/mol. The Labute approximate surface area is 203 Å². The van der Waals surface area contributed by atoms with E-state index in [1.165, 1.54) is 0 Å². The van der Waals surface area contributed by atoms with E-state index in [0.717, 1.165) is 5.56 Å². The van der Waals surface area contributed by atoms with Crippen molar-refractivity contribution in [2.45, 2.75) is 32.2 Å². The van der Waals surface area contributed by atoms with Crippen molar-refractivity contribution in [3.8, 4) is 0 Å². The summed E-state index contributed by atoms with van der Waals surface area (Å²) in [5.41, 5.74) is 8.01. The normalized spacial score (nSPS) is 15.5. The van der Waals surface area contributed by atoms with E-state index in [-0.39, 0.29) is 19.1 Å². The molecule has 1 aliphatic heterocycles. The summed E-state index contributed by atoms with van der Waals surface area (Å²) >= 11 is 0. The quantitative estimate of drug-likeness (QED) is 0.468. The number of amides is 2. The van der Waals surface area contributed by atoms with E-state index in [1.807, 2.05) is 42.5 Å². The summed E-state index contributed by atoms with van der Waals surface area (Å²) in [6.45, 7) is 4.10. The van der Waals surface area contributed by atoms with Gasteiger partial charge in [-0.1, -0.05) is 36.4 Å². The first kappa shape index (κ1) is 24.6. The first-order valence-electron chi connectivity index (χ1n) is 11.5. The second-order valence-corrected chi connectivity index (χ2v) is 8.27. The van der Waals surface area contributed by atoms with Crippen LogP contribution in [0.1, 0.15) is 30.0 Å². The lowest BCUT2D eigenvalue weighted by atomic mass is 10.2. The van der Waals surface area contributed by atoms with Crippen molar-refractivity contribution in [2.24, 2.45) is 5.73 Å². The lowest BCUT2D eigenvalue weighted by molar-refractivity contribution is -0.123. The van der Waals surface area contributed by atoms with E-state index >= 15 is 0 Å². The van der Waals surface area contributed by atoms with Crippen molar-refractivity contribution in [3.63, 3.8) is 0 Å². The number of hydrogen-bond donors (Lipinski definition) is 2. The van der Waals surface area contributed by atoms with E-state index in [4.69, 9.17) is 19.9 Å². The minimum Gasteiger partial charge on any atom is -0.443 e. The second-order valence-electron chi connectivity index (χ2n) is 8.27. The summed E-state index contributed by atoms with van der Waals surface area (Å²) in [6, 6.07) is 13.8. The molecule has 11 heteroatoms. The predicted molar refractivity (Wildman–Crippen MR) is 126 cm³/mol. The van der Waals surface area contributed by atoms with Gasteiger partial charge in [-0.05, 0) is 24.6 Å². The molecule has 1 aromatic carbocycles. The van der Waals surface area contributed by atoms with Gasteiger partial charge in [-0.15, -0.1) is 10.2 Å². The molecule has 2 unspecified atom stereocenters. The maximum Gasteiger partial charge on any atom is 0.410 e. The molecule has 35 heavy (non-hydrogen) atoms. The van der Waals surface area contributed by atoms with Gasteiger partial charge in [0.1, 0.15) is 12.6 Å². The summed E-state index contributed by atoms with van der Waals surface area (Å²) < 4.78 is 18.5. The van der Waals surface area contributed by atoms with E-state index < -0.39 is 18.2 Å². The summed E-state index contributed by atoms with van der Waals surface area (Å²) in [6.07, 6.45) is -0.409. The van der Waals surface area contributed by atoms with Gasteiger partial charge in [-0.3, -0.25) is 9.20 Å². The van der Waals surface area contributed by atoms with Crippen molar-refractivity contribution in [3.05, 3.63) is 65.6 Å². The average Bonchev–Trinajstić information content (AvgIpc) is 3.32. The monoisotopic (exact) mass is 482 g/mol. The number of fused-ring (bicyclic) bond motifs is 1. The number of carbonyl (C=O) groups excluding carboxylic acids is 2. The zero-order valence-corrected chi connectivity index (χ0v) is 19.6. The minimum absolute atomic E-state index is 0.0113. The third-order valence-corrected chi connectivity index (χ3v) is 5.58. The highest BCUT2D eigenvalue weighted by Crippen LogP contribution is 2.18. The van der Waals surface area contributed by atoms with Crippen LogP contribution < -0.4 is 11.1 Å². The molecule has 1 fully saturated rings. The van der Waals surface area contributed by atoms with Crippen LogP contribution in [0.4, 0.5) is 4.79 Å². The molecule has 0 spiro atoms. The Morgan fingerprint density at radius 2 is 1.86 bits per heavy atom. The Bertz CT molecular complexity index is 1130. The van der Waals surface area contributed by atoms with E-state index in [0.29, 0.717) is 50.1 Å². The molecule has 1 saturated heterocycles. The Hall–Kier alpha value is -3.54. The fraction of sp³-hybridized carbons (Fsp3) is 0.417. The molecule has 2 aromatic heterocycles. The number of aromatic nitrogens is 3. The van der Waals surface area contributed by atoms with Crippen LogP contribution in [-0.4, -0.2) is 70.5 Å². The smallest absolute Gasteiger partial charge is 0.410 e. The summed E-state index contributed by atoms with van der Waals surface area (Å²) in [5.74, 6) is 0.117. The number of nitrogens with zero attached hydrogens (tertiary/aromatic N) is 4. The fourth-order valence-corrected chi connectivity index (χ4v) is 3.70. The largest absolute Gasteiger partial charge is 0.443 e. The van der Waals surface area contributed by atoms with Gasteiger partial charge < -0.3 is 30.2 Å². The van der Waals surface area contributed by atoms with Gasteiger partial charge in [0, 0.05) is 13.1 Å². The van der Waals surface area contributed by atoms with Gasteiger partial charge in [0.05, 0.1) is 38.2 Å². The molecular weight excluding hydrogens is 452 g/mol. The topological polar surface area (TPSA) is 133 Å². The number of morpholine rings is 1. The molecule has 186 valence electrons. The molecule has 3 N–H and O–H groups in total. The number of benzene rings is 1. The zero-order chi connectivity index (χ0) is 24.6. The summed E-state index contributed by atoms with van der Waals surface area (Å²) in [4.78, 5) is 26.5. The molecule has 0 bridgehead atoms. The molecule has 3 aromatic rings. The Kier molecular flexibility index (Phi) is 8.24. The van der Waals surface area contributed by atoms with Crippen LogP contribution in [0.5, 0.6) is 0 Å². The number of pyridine rings is 1. The van der Waals surface area contributed by atoms with Crippen molar-refractivity contribution < 1.29 is 23.8 Å². The number of nitrogens with one attached hydrogen (secondary N) is 1. The molecule has 3 heterocycles.